The maximum absolute atomic E-state index is 10.6. The number of carboxylic acids is 1. The van der Waals surface area contributed by atoms with Crippen LogP contribution in [0.3, 0.4) is 0 Å². The molecule has 0 saturated heterocycles. The molecule has 0 radical (unpaired) electrons. The molecular formula is C16H13Cl2NO2. The SMILES string of the molecule is Cc1cccc(Cl)c1C#N.Cc1cccc(Cl)c1C(=O)O. The Balaban J connectivity index is 0.000000211. The van der Waals surface area contributed by atoms with Crippen molar-refractivity contribution in [2.45, 2.75) is 13.8 Å². The summed E-state index contributed by atoms with van der Waals surface area (Å²) in [6, 6.07) is 12.5. The molecule has 0 aliphatic carbocycles. The van der Waals surface area contributed by atoms with Crippen molar-refractivity contribution >= 4 is 29.2 Å². The Morgan fingerprint density at radius 2 is 1.57 bits per heavy atom. The van der Waals surface area contributed by atoms with Gasteiger partial charge in [-0.3, -0.25) is 0 Å². The molecule has 0 aliphatic heterocycles. The Hall–Kier alpha value is -2.02. The highest BCUT2D eigenvalue weighted by molar-refractivity contribution is 6.33. The van der Waals surface area contributed by atoms with Gasteiger partial charge in [-0.2, -0.15) is 5.26 Å². The van der Waals surface area contributed by atoms with Gasteiger partial charge in [0.2, 0.25) is 0 Å². The van der Waals surface area contributed by atoms with Crippen molar-refractivity contribution in [3.8, 4) is 6.07 Å². The second kappa shape index (κ2) is 7.68. The number of carbonyl (C=O) groups is 1. The van der Waals surface area contributed by atoms with Crippen LogP contribution in [0.25, 0.3) is 0 Å². The highest BCUT2D eigenvalue weighted by Crippen LogP contribution is 2.19. The van der Waals surface area contributed by atoms with Gasteiger partial charge in [-0.25, -0.2) is 4.79 Å². The van der Waals surface area contributed by atoms with E-state index in [1.54, 1.807) is 31.2 Å². The van der Waals surface area contributed by atoms with E-state index in [2.05, 4.69) is 0 Å². The number of aromatic carboxylic acids is 1. The van der Waals surface area contributed by atoms with E-state index in [0.717, 1.165) is 5.56 Å². The Labute approximate surface area is 133 Å². The van der Waals surface area contributed by atoms with Gasteiger partial charge in [0.05, 0.1) is 21.2 Å². The Bertz CT molecular complexity index is 665. The predicted octanol–water partition coefficient (Wildman–Crippen LogP) is 4.87. The minimum atomic E-state index is -0.979. The van der Waals surface area contributed by atoms with Gasteiger partial charge >= 0.3 is 5.97 Å². The van der Waals surface area contributed by atoms with Gasteiger partial charge in [0.15, 0.2) is 0 Å². The molecule has 0 amide bonds. The molecule has 0 unspecified atom stereocenters. The minimum Gasteiger partial charge on any atom is -0.478 e. The molecule has 2 aromatic carbocycles. The van der Waals surface area contributed by atoms with Crippen molar-refractivity contribution in [1.29, 1.82) is 5.26 Å². The number of aryl methyl sites for hydroxylation is 2. The smallest absolute Gasteiger partial charge is 0.337 e. The topological polar surface area (TPSA) is 61.1 Å². The second-order valence-corrected chi connectivity index (χ2v) is 5.09. The molecule has 2 aromatic rings. The van der Waals surface area contributed by atoms with Gasteiger partial charge in [-0.15, -0.1) is 0 Å². The maximum Gasteiger partial charge on any atom is 0.337 e. The Morgan fingerprint density at radius 3 is 1.90 bits per heavy atom. The molecule has 0 atom stereocenters. The fourth-order valence-electron chi connectivity index (χ4n) is 1.68. The normalized spacial score (nSPS) is 9.29. The summed E-state index contributed by atoms with van der Waals surface area (Å²) < 4.78 is 0. The first-order chi connectivity index (χ1) is 9.88. The van der Waals surface area contributed by atoms with Crippen LogP contribution >= 0.6 is 23.2 Å². The van der Waals surface area contributed by atoms with Crippen LogP contribution in [0.4, 0.5) is 0 Å². The van der Waals surface area contributed by atoms with Crippen LogP contribution in [0.2, 0.25) is 10.0 Å². The number of hydrogen-bond donors (Lipinski definition) is 1. The molecule has 0 spiro atoms. The molecule has 3 nitrogen and oxygen atoms in total. The number of hydrogen-bond acceptors (Lipinski definition) is 2. The van der Waals surface area contributed by atoms with Crippen molar-refractivity contribution in [3.05, 3.63) is 68.7 Å². The van der Waals surface area contributed by atoms with Crippen LogP contribution in [-0.2, 0) is 0 Å². The lowest BCUT2D eigenvalue weighted by atomic mass is 10.1. The van der Waals surface area contributed by atoms with E-state index in [-0.39, 0.29) is 10.6 Å². The number of carboxylic acid groups (broad SMARTS) is 1. The average Bonchev–Trinajstić information content (AvgIpc) is 2.39. The van der Waals surface area contributed by atoms with Gasteiger partial charge < -0.3 is 5.11 Å². The lowest BCUT2D eigenvalue weighted by Gasteiger charge is -2.00. The van der Waals surface area contributed by atoms with Gasteiger partial charge in [0.25, 0.3) is 0 Å². The van der Waals surface area contributed by atoms with Crippen molar-refractivity contribution in [1.82, 2.24) is 0 Å². The molecule has 2 rings (SSSR count). The average molecular weight is 322 g/mol. The fourth-order valence-corrected chi connectivity index (χ4v) is 2.24. The molecule has 1 N–H and O–H groups in total. The number of benzene rings is 2. The third kappa shape index (κ3) is 4.49. The van der Waals surface area contributed by atoms with Gasteiger partial charge in [-0.1, -0.05) is 47.5 Å². The first-order valence-electron chi connectivity index (χ1n) is 6.02. The van der Waals surface area contributed by atoms with Crippen molar-refractivity contribution < 1.29 is 9.90 Å². The van der Waals surface area contributed by atoms with E-state index in [1.165, 1.54) is 0 Å². The van der Waals surface area contributed by atoms with Crippen LogP contribution in [0.15, 0.2) is 36.4 Å². The monoisotopic (exact) mass is 321 g/mol. The lowest BCUT2D eigenvalue weighted by molar-refractivity contribution is 0.0696. The Morgan fingerprint density at radius 1 is 1.05 bits per heavy atom. The molecule has 0 aliphatic rings. The molecule has 0 aromatic heterocycles. The lowest BCUT2D eigenvalue weighted by Crippen LogP contribution is -1.99. The summed E-state index contributed by atoms with van der Waals surface area (Å²) >= 11 is 11.4. The molecule has 0 heterocycles. The second-order valence-electron chi connectivity index (χ2n) is 4.28. The van der Waals surface area contributed by atoms with Gasteiger partial charge in [-0.05, 0) is 37.1 Å². The van der Waals surface area contributed by atoms with Gasteiger partial charge in [0.1, 0.15) is 6.07 Å². The van der Waals surface area contributed by atoms with Crippen molar-refractivity contribution in [2.75, 3.05) is 0 Å². The minimum absolute atomic E-state index is 0.189. The van der Waals surface area contributed by atoms with E-state index in [4.69, 9.17) is 33.6 Å². The fraction of sp³-hybridized carbons (Fsp3) is 0.125. The summed E-state index contributed by atoms with van der Waals surface area (Å²) in [5.74, 6) is -0.979. The number of nitriles is 1. The molecule has 0 saturated carbocycles. The summed E-state index contributed by atoms with van der Waals surface area (Å²) in [5.41, 5.74) is 2.37. The molecule has 0 fully saturated rings. The van der Waals surface area contributed by atoms with Crippen LogP contribution < -0.4 is 0 Å². The summed E-state index contributed by atoms with van der Waals surface area (Å²) in [6.45, 7) is 3.58. The highest BCUT2D eigenvalue weighted by atomic mass is 35.5. The zero-order valence-corrected chi connectivity index (χ0v) is 13.0. The number of halogens is 2. The van der Waals surface area contributed by atoms with Crippen LogP contribution in [0.1, 0.15) is 27.0 Å². The third-order valence-electron chi connectivity index (χ3n) is 2.77. The Kier molecular flexibility index (Phi) is 6.23. The summed E-state index contributed by atoms with van der Waals surface area (Å²) in [4.78, 5) is 10.6. The van der Waals surface area contributed by atoms with E-state index < -0.39 is 5.97 Å². The van der Waals surface area contributed by atoms with Crippen molar-refractivity contribution in [2.24, 2.45) is 0 Å². The standard InChI is InChI=1S/C8H6ClN.C8H7ClO2/c1-6-3-2-4-8(9)7(6)5-10;1-5-3-2-4-6(9)7(5)8(10)11/h2-4H,1H3;2-4H,1H3,(H,10,11). The molecule has 5 heteroatoms. The van der Waals surface area contributed by atoms with Crippen LogP contribution in [0, 0.1) is 25.2 Å². The van der Waals surface area contributed by atoms with E-state index in [1.807, 2.05) is 25.1 Å². The summed E-state index contributed by atoms with van der Waals surface area (Å²) in [7, 11) is 0. The quantitative estimate of drug-likeness (QED) is 0.815. The summed E-state index contributed by atoms with van der Waals surface area (Å²) in [6.07, 6.45) is 0. The molecule has 21 heavy (non-hydrogen) atoms. The third-order valence-corrected chi connectivity index (χ3v) is 3.40. The zero-order valence-electron chi connectivity index (χ0n) is 11.5. The van der Waals surface area contributed by atoms with E-state index >= 15 is 0 Å². The zero-order chi connectivity index (χ0) is 16.0. The van der Waals surface area contributed by atoms with Crippen molar-refractivity contribution in [3.63, 3.8) is 0 Å². The molecule has 108 valence electrons. The maximum atomic E-state index is 10.6. The predicted molar refractivity (Wildman–Crippen MR) is 84.1 cm³/mol. The van der Waals surface area contributed by atoms with Gasteiger partial charge in [0, 0.05) is 0 Å². The highest BCUT2D eigenvalue weighted by Gasteiger charge is 2.09. The van der Waals surface area contributed by atoms with Crippen LogP contribution in [-0.4, -0.2) is 11.1 Å². The van der Waals surface area contributed by atoms with E-state index in [0.29, 0.717) is 16.1 Å². The number of rotatable bonds is 1. The first-order valence-corrected chi connectivity index (χ1v) is 6.77. The number of nitrogens with zero attached hydrogens (tertiary/aromatic N) is 1. The molecule has 0 bridgehead atoms. The van der Waals surface area contributed by atoms with Crippen LogP contribution in [0.5, 0.6) is 0 Å². The summed E-state index contributed by atoms with van der Waals surface area (Å²) in [5, 5.41) is 18.0. The largest absolute Gasteiger partial charge is 0.478 e. The van der Waals surface area contributed by atoms with E-state index in [9.17, 15) is 4.79 Å². The molecular weight excluding hydrogens is 309 g/mol. The first kappa shape index (κ1) is 17.0.